The number of fused-ring (bicyclic) bond motifs is 4. The second-order valence-electron chi connectivity index (χ2n) is 13.4. The van der Waals surface area contributed by atoms with Crippen molar-refractivity contribution in [3.8, 4) is 11.8 Å². The summed E-state index contributed by atoms with van der Waals surface area (Å²) in [7, 11) is 0. The Bertz CT molecular complexity index is 1240. The first-order valence-corrected chi connectivity index (χ1v) is 15.4. The molecule has 1 unspecified atom stereocenters. The summed E-state index contributed by atoms with van der Waals surface area (Å²) >= 11 is 0. The van der Waals surface area contributed by atoms with Crippen LogP contribution in [0.3, 0.4) is 0 Å². The maximum Gasteiger partial charge on any atom is 0.251 e. The lowest BCUT2D eigenvalue weighted by Gasteiger charge is -2.54. The van der Waals surface area contributed by atoms with Crippen LogP contribution in [0.1, 0.15) is 113 Å². The highest BCUT2D eigenvalue weighted by Gasteiger charge is 2.65. The van der Waals surface area contributed by atoms with Crippen molar-refractivity contribution >= 4 is 5.91 Å². The monoisotopic (exact) mass is 527 g/mol. The number of nitrogens with one attached hydrogen (secondary N) is 1. The topological polar surface area (TPSA) is 69.6 Å². The SMILES string of the molecule is CC#C[C@]1(O)[C@H](C)C[C@H]2[C@@H]3CCC4=CC(O)CCC4=C3[C@@H](c3ccc(C(=O)NC4CCCCC4)cc3)C[C@@]21C. The molecular formula is C35H45NO3. The first kappa shape index (κ1) is 26.9. The summed E-state index contributed by atoms with van der Waals surface area (Å²) in [5, 5.41) is 25.8. The number of benzene rings is 1. The lowest BCUT2D eigenvalue weighted by Crippen LogP contribution is -2.52. The van der Waals surface area contributed by atoms with Gasteiger partial charge in [0.25, 0.3) is 5.91 Å². The fourth-order valence-electron chi connectivity index (χ4n) is 9.25. The lowest BCUT2D eigenvalue weighted by molar-refractivity contribution is -0.0671. The fraction of sp³-hybridized carbons (Fsp3) is 0.629. The van der Waals surface area contributed by atoms with Gasteiger partial charge in [0.15, 0.2) is 0 Å². The number of carbonyl (C=O) groups is 1. The Balaban J connectivity index is 1.38. The van der Waals surface area contributed by atoms with Gasteiger partial charge in [0.2, 0.25) is 0 Å². The average molecular weight is 528 g/mol. The van der Waals surface area contributed by atoms with Crippen LogP contribution in [0.25, 0.3) is 0 Å². The summed E-state index contributed by atoms with van der Waals surface area (Å²) in [6.07, 6.45) is 13.2. The first-order chi connectivity index (χ1) is 18.7. The zero-order valence-electron chi connectivity index (χ0n) is 23.9. The number of allylic oxidation sites excluding steroid dienone is 3. The maximum absolute atomic E-state index is 13.0. The molecule has 1 aromatic carbocycles. The Hall–Kier alpha value is -2.35. The molecule has 6 rings (SSSR count). The van der Waals surface area contributed by atoms with Crippen molar-refractivity contribution in [2.24, 2.45) is 23.2 Å². The van der Waals surface area contributed by atoms with Crippen LogP contribution in [0.4, 0.5) is 0 Å². The van der Waals surface area contributed by atoms with Crippen LogP contribution in [0.15, 0.2) is 47.1 Å². The third kappa shape index (κ3) is 4.41. The molecule has 1 aromatic rings. The van der Waals surface area contributed by atoms with Gasteiger partial charge in [-0.05, 0) is 105 Å². The van der Waals surface area contributed by atoms with E-state index in [1.807, 2.05) is 19.1 Å². The molecule has 4 nitrogen and oxygen atoms in total. The van der Waals surface area contributed by atoms with Gasteiger partial charge in [0, 0.05) is 22.9 Å². The summed E-state index contributed by atoms with van der Waals surface area (Å²) in [4.78, 5) is 13.0. The van der Waals surface area contributed by atoms with Crippen LogP contribution in [-0.2, 0) is 0 Å². The average Bonchev–Trinajstić information content (AvgIpc) is 3.13. The van der Waals surface area contributed by atoms with Crippen LogP contribution in [0.5, 0.6) is 0 Å². The van der Waals surface area contributed by atoms with Gasteiger partial charge in [-0.1, -0.05) is 62.8 Å². The van der Waals surface area contributed by atoms with Crippen LogP contribution in [-0.4, -0.2) is 33.9 Å². The van der Waals surface area contributed by atoms with Gasteiger partial charge in [0.1, 0.15) is 5.60 Å². The molecule has 3 saturated carbocycles. The zero-order valence-corrected chi connectivity index (χ0v) is 23.9. The number of aliphatic hydroxyl groups excluding tert-OH is 1. The zero-order chi connectivity index (χ0) is 27.4. The summed E-state index contributed by atoms with van der Waals surface area (Å²) in [5.41, 5.74) is 5.00. The van der Waals surface area contributed by atoms with Crippen molar-refractivity contribution in [2.45, 2.75) is 115 Å². The minimum atomic E-state index is -1.00. The van der Waals surface area contributed by atoms with E-state index < -0.39 is 5.60 Å². The number of aliphatic hydroxyl groups is 2. The number of carbonyl (C=O) groups excluding carboxylic acids is 1. The molecule has 39 heavy (non-hydrogen) atoms. The van der Waals surface area contributed by atoms with Crippen LogP contribution in [0, 0.1) is 35.0 Å². The Morgan fingerprint density at radius 1 is 1.05 bits per heavy atom. The molecule has 4 heteroatoms. The minimum absolute atomic E-state index is 0.0328. The summed E-state index contributed by atoms with van der Waals surface area (Å²) in [5.74, 6) is 7.52. The van der Waals surface area contributed by atoms with Crippen molar-refractivity contribution in [3.05, 3.63) is 58.2 Å². The second kappa shape index (κ2) is 10.2. The van der Waals surface area contributed by atoms with Gasteiger partial charge in [-0.25, -0.2) is 0 Å². The number of hydrogen-bond donors (Lipinski definition) is 3. The third-order valence-corrected chi connectivity index (χ3v) is 11.3. The molecule has 3 fully saturated rings. The third-order valence-electron chi connectivity index (χ3n) is 11.3. The first-order valence-electron chi connectivity index (χ1n) is 15.4. The van der Waals surface area contributed by atoms with Crippen molar-refractivity contribution in [1.82, 2.24) is 5.32 Å². The highest BCUT2D eigenvalue weighted by atomic mass is 16.3. The normalized spacial score (nSPS) is 38.1. The van der Waals surface area contributed by atoms with Gasteiger partial charge in [-0.2, -0.15) is 0 Å². The number of rotatable bonds is 3. The highest BCUT2D eigenvalue weighted by Crippen LogP contribution is 2.68. The molecule has 1 amide bonds. The Morgan fingerprint density at radius 2 is 1.79 bits per heavy atom. The van der Waals surface area contributed by atoms with Crippen molar-refractivity contribution in [2.75, 3.05) is 0 Å². The molecule has 0 heterocycles. The van der Waals surface area contributed by atoms with E-state index >= 15 is 0 Å². The molecule has 208 valence electrons. The molecule has 0 aromatic heterocycles. The molecule has 5 aliphatic rings. The summed E-state index contributed by atoms with van der Waals surface area (Å²) in [6.45, 7) is 6.32. The molecule has 0 saturated heterocycles. The van der Waals surface area contributed by atoms with E-state index in [2.05, 4.69) is 49.2 Å². The quantitative estimate of drug-likeness (QED) is 0.396. The molecule has 5 aliphatic carbocycles. The van der Waals surface area contributed by atoms with E-state index in [4.69, 9.17) is 0 Å². The molecule has 0 radical (unpaired) electrons. The molecule has 0 spiro atoms. The highest BCUT2D eigenvalue weighted by molar-refractivity contribution is 5.94. The van der Waals surface area contributed by atoms with Gasteiger partial charge < -0.3 is 15.5 Å². The van der Waals surface area contributed by atoms with E-state index in [0.717, 1.165) is 56.9 Å². The summed E-state index contributed by atoms with van der Waals surface area (Å²) in [6, 6.07) is 8.62. The molecule has 0 bridgehead atoms. The molecular weight excluding hydrogens is 482 g/mol. The van der Waals surface area contributed by atoms with E-state index in [-0.39, 0.29) is 29.3 Å². The van der Waals surface area contributed by atoms with E-state index in [9.17, 15) is 15.0 Å². The minimum Gasteiger partial charge on any atom is -0.389 e. The largest absolute Gasteiger partial charge is 0.389 e. The van der Waals surface area contributed by atoms with Gasteiger partial charge in [0.05, 0.1) is 6.10 Å². The molecule has 3 N–H and O–H groups in total. The van der Waals surface area contributed by atoms with Crippen molar-refractivity contribution in [3.63, 3.8) is 0 Å². The smallest absolute Gasteiger partial charge is 0.251 e. The van der Waals surface area contributed by atoms with E-state index in [0.29, 0.717) is 17.9 Å². The van der Waals surface area contributed by atoms with Gasteiger partial charge >= 0.3 is 0 Å². The number of hydrogen-bond acceptors (Lipinski definition) is 3. The molecule has 7 atom stereocenters. The summed E-state index contributed by atoms with van der Waals surface area (Å²) < 4.78 is 0. The Kier molecular flexibility index (Phi) is 7.05. The predicted octanol–water partition coefficient (Wildman–Crippen LogP) is 6.44. The second-order valence-corrected chi connectivity index (χ2v) is 13.4. The van der Waals surface area contributed by atoms with Crippen LogP contribution >= 0.6 is 0 Å². The Morgan fingerprint density at radius 3 is 2.51 bits per heavy atom. The maximum atomic E-state index is 13.0. The van der Waals surface area contributed by atoms with Crippen molar-refractivity contribution < 1.29 is 15.0 Å². The predicted molar refractivity (Wildman–Crippen MR) is 155 cm³/mol. The van der Waals surface area contributed by atoms with E-state index in [1.165, 1.54) is 36.0 Å². The van der Waals surface area contributed by atoms with Crippen LogP contribution in [0.2, 0.25) is 0 Å². The van der Waals surface area contributed by atoms with Gasteiger partial charge in [-0.3, -0.25) is 4.79 Å². The Labute approximate surface area is 234 Å². The lowest BCUT2D eigenvalue weighted by atomic mass is 9.51. The number of amides is 1. The van der Waals surface area contributed by atoms with Gasteiger partial charge in [-0.15, -0.1) is 5.92 Å². The fourth-order valence-corrected chi connectivity index (χ4v) is 9.25. The van der Waals surface area contributed by atoms with E-state index in [1.54, 1.807) is 5.57 Å². The molecule has 0 aliphatic heterocycles. The standard InChI is InChI=1S/C35H45NO3/c1-4-18-35(39)22(2)19-31-29-16-14-25-20-27(37)15-17-28(25)32(29)30(21-34(31,35)3)23-10-12-24(13-11-23)33(38)36-26-8-6-5-7-9-26/h10-13,20,22,26-27,29-31,37,39H,5-9,14-17,19,21H2,1-3H3,(H,36,38)/t22-,27?,29+,30-,31+,34+,35+/m1/s1. The van der Waals surface area contributed by atoms with Crippen molar-refractivity contribution in [1.29, 1.82) is 0 Å². The van der Waals surface area contributed by atoms with Crippen LogP contribution < -0.4 is 5.32 Å².